The van der Waals surface area contributed by atoms with Gasteiger partial charge in [0, 0.05) is 6.04 Å². The van der Waals surface area contributed by atoms with Crippen LogP contribution in [0.4, 0.5) is 0 Å². The maximum Gasteiger partial charge on any atom is 0.311 e. The Bertz CT molecular complexity index is 727. The second-order valence-corrected chi connectivity index (χ2v) is 9.07. The Morgan fingerprint density at radius 1 is 1.23 bits per heavy atom. The van der Waals surface area contributed by atoms with Gasteiger partial charge >= 0.3 is 5.97 Å². The molecule has 6 nitrogen and oxygen atoms in total. The van der Waals surface area contributed by atoms with E-state index in [1.807, 2.05) is 24.3 Å². The summed E-state index contributed by atoms with van der Waals surface area (Å²) in [4.78, 5) is 24.1. The third-order valence-electron chi connectivity index (χ3n) is 4.45. The second kappa shape index (κ2) is 9.16. The van der Waals surface area contributed by atoms with Crippen molar-refractivity contribution < 1.29 is 22.7 Å². The maximum absolute atomic E-state index is 12.1. The molecule has 0 spiro atoms. The molecule has 0 bridgehead atoms. The van der Waals surface area contributed by atoms with E-state index in [1.165, 1.54) is 12.5 Å². The third-order valence-corrected chi connectivity index (χ3v) is 6.21. The summed E-state index contributed by atoms with van der Waals surface area (Å²) in [5.74, 6) is -0.909. The number of aryl methyl sites for hydroxylation is 1. The van der Waals surface area contributed by atoms with Gasteiger partial charge in [-0.2, -0.15) is 0 Å². The first-order chi connectivity index (χ1) is 12.3. The van der Waals surface area contributed by atoms with Crippen molar-refractivity contribution in [1.82, 2.24) is 5.32 Å². The fourth-order valence-electron chi connectivity index (χ4n) is 2.89. The van der Waals surface area contributed by atoms with E-state index in [-0.39, 0.29) is 17.9 Å². The molecule has 1 amide bonds. The number of hydrogen-bond donors (Lipinski definition) is 1. The number of sulfone groups is 1. The average Bonchev–Trinajstić information content (AvgIpc) is 2.92. The molecular formula is C19H27NO5S. The lowest BCUT2D eigenvalue weighted by atomic mass is 10.1. The van der Waals surface area contributed by atoms with Gasteiger partial charge in [0.25, 0.3) is 5.91 Å². The van der Waals surface area contributed by atoms with Gasteiger partial charge in [0.15, 0.2) is 15.9 Å². The van der Waals surface area contributed by atoms with Gasteiger partial charge in [0.2, 0.25) is 0 Å². The van der Waals surface area contributed by atoms with Crippen LogP contribution in [-0.4, -0.2) is 43.9 Å². The summed E-state index contributed by atoms with van der Waals surface area (Å²) < 4.78 is 28.0. The number of carbonyl (C=O) groups is 2. The molecule has 1 aliphatic heterocycles. The number of rotatable bonds is 8. The van der Waals surface area contributed by atoms with Crippen LogP contribution in [0.1, 0.15) is 44.2 Å². The van der Waals surface area contributed by atoms with E-state index in [0.29, 0.717) is 6.42 Å². The molecule has 1 saturated heterocycles. The topological polar surface area (TPSA) is 89.5 Å². The van der Waals surface area contributed by atoms with Crippen LogP contribution in [0.5, 0.6) is 0 Å². The summed E-state index contributed by atoms with van der Waals surface area (Å²) >= 11 is 0. The quantitative estimate of drug-likeness (QED) is 0.694. The standard InChI is InChI=1S/C19H27NO5S/c1-3-4-5-15-6-8-16(9-7-15)12-18(21)25-14(2)19(22)20-17-10-11-26(23,24)13-17/h6-9,14,17H,3-5,10-13H2,1-2H3,(H,20,22)/t14-,17-/m0/s1. The normalized spacial score (nSPS) is 19.7. The lowest BCUT2D eigenvalue weighted by molar-refractivity contribution is -0.154. The van der Waals surface area contributed by atoms with Crippen LogP contribution in [0.2, 0.25) is 0 Å². The summed E-state index contributed by atoms with van der Waals surface area (Å²) in [6.07, 6.45) is 2.85. The van der Waals surface area contributed by atoms with Gasteiger partial charge < -0.3 is 10.1 Å². The average molecular weight is 381 g/mol. The van der Waals surface area contributed by atoms with Crippen molar-refractivity contribution in [3.8, 4) is 0 Å². The van der Waals surface area contributed by atoms with Crippen molar-refractivity contribution in [1.29, 1.82) is 0 Å². The molecule has 26 heavy (non-hydrogen) atoms. The summed E-state index contributed by atoms with van der Waals surface area (Å²) in [6.45, 7) is 3.64. The fourth-order valence-corrected chi connectivity index (χ4v) is 4.56. The van der Waals surface area contributed by atoms with Crippen LogP contribution in [0, 0.1) is 0 Å². The molecule has 7 heteroatoms. The van der Waals surface area contributed by atoms with Crippen LogP contribution < -0.4 is 5.32 Å². The van der Waals surface area contributed by atoms with Crippen LogP contribution >= 0.6 is 0 Å². The molecule has 0 saturated carbocycles. The van der Waals surface area contributed by atoms with Gasteiger partial charge in [-0.1, -0.05) is 37.6 Å². The monoisotopic (exact) mass is 381 g/mol. The first kappa shape index (κ1) is 20.4. The van der Waals surface area contributed by atoms with Gasteiger partial charge in [-0.05, 0) is 37.3 Å². The van der Waals surface area contributed by atoms with Crippen molar-refractivity contribution in [2.75, 3.05) is 11.5 Å². The molecule has 1 aromatic rings. The predicted octanol–water partition coefficient (Wildman–Crippen LogP) is 1.81. The Hall–Kier alpha value is -1.89. The fraction of sp³-hybridized carbons (Fsp3) is 0.579. The molecule has 0 unspecified atom stereocenters. The molecule has 1 fully saturated rings. The van der Waals surface area contributed by atoms with Crippen molar-refractivity contribution in [2.24, 2.45) is 0 Å². The first-order valence-corrected chi connectivity index (χ1v) is 10.9. The van der Waals surface area contributed by atoms with E-state index in [4.69, 9.17) is 4.74 Å². The summed E-state index contributed by atoms with van der Waals surface area (Å²) in [6, 6.07) is 7.43. The van der Waals surface area contributed by atoms with E-state index in [1.54, 1.807) is 0 Å². The maximum atomic E-state index is 12.1. The molecule has 144 valence electrons. The van der Waals surface area contributed by atoms with E-state index < -0.39 is 33.9 Å². The molecule has 0 aromatic heterocycles. The number of unbranched alkanes of at least 4 members (excludes halogenated alkanes) is 1. The van der Waals surface area contributed by atoms with Gasteiger partial charge in [-0.25, -0.2) is 8.42 Å². The molecule has 1 aromatic carbocycles. The number of amides is 1. The lowest BCUT2D eigenvalue weighted by Gasteiger charge is -2.16. The Morgan fingerprint density at radius 3 is 2.46 bits per heavy atom. The van der Waals surface area contributed by atoms with Crippen LogP contribution in [0.3, 0.4) is 0 Å². The van der Waals surface area contributed by atoms with Crippen molar-refractivity contribution in [3.05, 3.63) is 35.4 Å². The molecule has 1 N–H and O–H groups in total. The lowest BCUT2D eigenvalue weighted by Crippen LogP contribution is -2.42. The largest absolute Gasteiger partial charge is 0.452 e. The summed E-state index contributed by atoms with van der Waals surface area (Å²) in [5.41, 5.74) is 2.08. The third kappa shape index (κ3) is 6.44. The highest BCUT2D eigenvalue weighted by Gasteiger charge is 2.30. The zero-order valence-electron chi connectivity index (χ0n) is 15.4. The number of nitrogens with one attached hydrogen (secondary N) is 1. The van der Waals surface area contributed by atoms with Crippen molar-refractivity contribution in [3.63, 3.8) is 0 Å². The number of ether oxygens (including phenoxy) is 1. The highest BCUT2D eigenvalue weighted by Crippen LogP contribution is 2.12. The SMILES string of the molecule is CCCCc1ccc(CC(=O)O[C@@H](C)C(=O)N[C@H]2CCS(=O)(=O)C2)cc1. The Kier molecular flexibility index (Phi) is 7.20. The van der Waals surface area contributed by atoms with Gasteiger partial charge in [-0.3, -0.25) is 9.59 Å². The van der Waals surface area contributed by atoms with Gasteiger partial charge in [0.05, 0.1) is 17.9 Å². The van der Waals surface area contributed by atoms with Gasteiger partial charge in [0.1, 0.15) is 0 Å². The molecule has 2 rings (SSSR count). The highest BCUT2D eigenvalue weighted by molar-refractivity contribution is 7.91. The van der Waals surface area contributed by atoms with Crippen LogP contribution in [0.25, 0.3) is 0 Å². The number of hydrogen-bond acceptors (Lipinski definition) is 5. The number of carbonyl (C=O) groups excluding carboxylic acids is 2. The van der Waals surface area contributed by atoms with Crippen molar-refractivity contribution in [2.45, 2.75) is 58.1 Å². The summed E-state index contributed by atoms with van der Waals surface area (Å²) in [5, 5.41) is 2.64. The van der Waals surface area contributed by atoms with E-state index in [9.17, 15) is 18.0 Å². The molecule has 2 atom stereocenters. The minimum absolute atomic E-state index is 0.0518. The molecule has 1 aliphatic rings. The van der Waals surface area contributed by atoms with E-state index >= 15 is 0 Å². The molecule has 0 aliphatic carbocycles. The van der Waals surface area contributed by atoms with Crippen LogP contribution in [0.15, 0.2) is 24.3 Å². The number of benzene rings is 1. The second-order valence-electron chi connectivity index (χ2n) is 6.84. The zero-order valence-corrected chi connectivity index (χ0v) is 16.2. The Labute approximate surface area is 155 Å². The Balaban J connectivity index is 1.78. The minimum Gasteiger partial charge on any atom is -0.452 e. The smallest absolute Gasteiger partial charge is 0.311 e. The number of esters is 1. The van der Waals surface area contributed by atoms with E-state index in [2.05, 4.69) is 12.2 Å². The summed E-state index contributed by atoms with van der Waals surface area (Å²) in [7, 11) is -3.06. The highest BCUT2D eigenvalue weighted by atomic mass is 32.2. The zero-order chi connectivity index (χ0) is 19.2. The first-order valence-electron chi connectivity index (χ1n) is 9.07. The molecule has 1 heterocycles. The predicted molar refractivity (Wildman–Crippen MR) is 99.5 cm³/mol. The van der Waals surface area contributed by atoms with E-state index in [0.717, 1.165) is 24.8 Å². The van der Waals surface area contributed by atoms with Crippen molar-refractivity contribution >= 4 is 21.7 Å². The van der Waals surface area contributed by atoms with Crippen LogP contribution in [-0.2, 0) is 37.0 Å². The molecular weight excluding hydrogens is 354 g/mol. The Morgan fingerprint density at radius 2 is 1.88 bits per heavy atom. The molecule has 0 radical (unpaired) electrons. The van der Waals surface area contributed by atoms with Gasteiger partial charge in [-0.15, -0.1) is 0 Å². The minimum atomic E-state index is -3.06.